The molecule has 0 aliphatic carbocycles. The van der Waals surface area contributed by atoms with Gasteiger partial charge in [-0.15, -0.1) is 13.2 Å². The van der Waals surface area contributed by atoms with Crippen LogP contribution < -0.4 is 5.32 Å². The lowest BCUT2D eigenvalue weighted by Crippen LogP contribution is -2.17. The van der Waals surface area contributed by atoms with Gasteiger partial charge in [-0.2, -0.15) is 8.42 Å². The summed E-state index contributed by atoms with van der Waals surface area (Å²) in [4.78, 5) is 0. The summed E-state index contributed by atoms with van der Waals surface area (Å²) in [5.74, 6) is 0.681. The third kappa shape index (κ3) is 15.8. The zero-order valence-corrected chi connectivity index (χ0v) is 10.7. The van der Waals surface area contributed by atoms with Crippen LogP contribution in [0.15, 0.2) is 25.3 Å². The van der Waals surface area contributed by atoms with E-state index in [1.165, 1.54) is 0 Å². The molecule has 0 amide bonds. The van der Waals surface area contributed by atoms with Crippen molar-refractivity contribution in [1.82, 2.24) is 5.32 Å². The predicted octanol–water partition coefficient (Wildman–Crippen LogP) is 1.41. The van der Waals surface area contributed by atoms with Gasteiger partial charge < -0.3 is 5.32 Å². The van der Waals surface area contributed by atoms with Crippen LogP contribution >= 0.6 is 0 Å². The molecule has 0 saturated carbocycles. The largest absolute Gasteiger partial charge is 0.397 e. The maximum atomic E-state index is 9.33. The Morgan fingerprint density at radius 2 is 1.75 bits per heavy atom. The topological polar surface area (TPSA) is 75.6 Å². The second-order valence-corrected chi connectivity index (χ2v) is 4.26. The highest BCUT2D eigenvalue weighted by atomic mass is 32.3. The van der Waals surface area contributed by atoms with Gasteiger partial charge in [0, 0.05) is 0 Å². The Hall–Kier alpha value is -0.690. The summed E-state index contributed by atoms with van der Waals surface area (Å²) in [5.41, 5.74) is 0. The first kappa shape index (κ1) is 17.7. The summed E-state index contributed by atoms with van der Waals surface area (Å²) in [7, 11) is -1.32. The molecule has 0 bridgehead atoms. The van der Waals surface area contributed by atoms with E-state index in [1.807, 2.05) is 19.2 Å². The van der Waals surface area contributed by atoms with Crippen LogP contribution in [0.3, 0.4) is 0 Å². The molecular formula is C10H21NO4S. The van der Waals surface area contributed by atoms with Crippen molar-refractivity contribution >= 4 is 10.4 Å². The van der Waals surface area contributed by atoms with Crippen molar-refractivity contribution in [3.05, 3.63) is 25.3 Å². The molecule has 0 atom stereocenters. The van der Waals surface area contributed by atoms with E-state index in [0.29, 0.717) is 5.92 Å². The van der Waals surface area contributed by atoms with Gasteiger partial charge >= 0.3 is 10.4 Å². The summed E-state index contributed by atoms with van der Waals surface area (Å²) in [6.07, 6.45) is 6.08. The van der Waals surface area contributed by atoms with E-state index in [0.717, 1.165) is 26.5 Å². The fourth-order valence-electron chi connectivity index (χ4n) is 1.02. The van der Waals surface area contributed by atoms with Crippen molar-refractivity contribution < 1.29 is 17.2 Å². The van der Waals surface area contributed by atoms with Gasteiger partial charge in [0.1, 0.15) is 0 Å². The lowest BCUT2D eigenvalue weighted by Gasteiger charge is -2.10. The minimum atomic E-state index is -4.16. The summed E-state index contributed by atoms with van der Waals surface area (Å²) in [5, 5.41) is 3.14. The highest BCUT2D eigenvalue weighted by Gasteiger charge is 2.01. The van der Waals surface area contributed by atoms with Crippen LogP contribution in [0.4, 0.5) is 0 Å². The van der Waals surface area contributed by atoms with E-state index < -0.39 is 10.4 Å². The third-order valence-electron chi connectivity index (χ3n) is 1.70. The van der Waals surface area contributed by atoms with Gasteiger partial charge in [0.2, 0.25) is 0 Å². The average Bonchev–Trinajstić information content (AvgIpc) is 2.19. The fourth-order valence-corrected chi connectivity index (χ4v) is 1.02. The molecule has 0 radical (unpaired) electrons. The minimum absolute atomic E-state index is 0.681. The van der Waals surface area contributed by atoms with Crippen molar-refractivity contribution in [1.29, 1.82) is 0 Å². The summed E-state index contributed by atoms with van der Waals surface area (Å²) < 4.78 is 29.7. The van der Waals surface area contributed by atoms with Crippen LogP contribution in [-0.2, 0) is 14.6 Å². The molecule has 96 valence electrons. The van der Waals surface area contributed by atoms with Crippen LogP contribution in [-0.4, -0.2) is 33.7 Å². The van der Waals surface area contributed by atoms with Gasteiger partial charge in [-0.3, -0.25) is 8.74 Å². The Labute approximate surface area is 98.2 Å². The second kappa shape index (κ2) is 10.8. The first-order valence-corrected chi connectivity index (χ1v) is 6.17. The maximum Gasteiger partial charge on any atom is 0.397 e. The van der Waals surface area contributed by atoms with Gasteiger partial charge in [-0.25, -0.2) is 0 Å². The fraction of sp³-hybridized carbons (Fsp3) is 0.600. The molecule has 0 aliphatic heterocycles. The summed E-state index contributed by atoms with van der Waals surface area (Å²) in [6, 6.07) is 0. The molecule has 0 saturated heterocycles. The van der Waals surface area contributed by atoms with Gasteiger partial charge in [-0.05, 0) is 32.4 Å². The minimum Gasteiger partial charge on any atom is -0.319 e. The second-order valence-electron chi connectivity index (χ2n) is 3.07. The molecule has 5 nitrogen and oxygen atoms in total. The van der Waals surface area contributed by atoms with E-state index in [2.05, 4.69) is 22.7 Å². The van der Waals surface area contributed by atoms with E-state index in [9.17, 15) is 8.42 Å². The van der Waals surface area contributed by atoms with Crippen LogP contribution in [0.2, 0.25) is 0 Å². The Balaban J connectivity index is 0. The van der Waals surface area contributed by atoms with E-state index >= 15 is 0 Å². The van der Waals surface area contributed by atoms with E-state index in [1.54, 1.807) is 0 Å². The van der Waals surface area contributed by atoms with Crippen molar-refractivity contribution in [2.24, 2.45) is 5.92 Å². The lowest BCUT2D eigenvalue weighted by molar-refractivity contribution is 0.324. The monoisotopic (exact) mass is 251 g/mol. The highest BCUT2D eigenvalue weighted by molar-refractivity contribution is 7.80. The van der Waals surface area contributed by atoms with Crippen LogP contribution in [0.25, 0.3) is 0 Å². The van der Waals surface area contributed by atoms with Crippen LogP contribution in [0.1, 0.15) is 12.8 Å². The molecule has 0 aromatic heterocycles. The van der Waals surface area contributed by atoms with Gasteiger partial charge in [0.25, 0.3) is 0 Å². The lowest BCUT2D eigenvalue weighted by atomic mass is 10.0. The molecule has 2 N–H and O–H groups in total. The summed E-state index contributed by atoms with van der Waals surface area (Å²) in [6.45, 7) is 8.46. The SMILES string of the molecule is C=CCC(CC=C)CNC.COS(=O)(=O)O. The molecule has 0 spiro atoms. The number of hydrogen-bond acceptors (Lipinski definition) is 4. The van der Waals surface area contributed by atoms with E-state index in [4.69, 9.17) is 4.55 Å². The maximum absolute atomic E-state index is 9.33. The summed E-state index contributed by atoms with van der Waals surface area (Å²) >= 11 is 0. The van der Waals surface area contributed by atoms with Gasteiger partial charge in [-0.1, -0.05) is 12.2 Å². The van der Waals surface area contributed by atoms with Gasteiger partial charge in [0.15, 0.2) is 0 Å². The Kier molecular flexibility index (Phi) is 12.0. The zero-order chi connectivity index (χ0) is 13.0. The Morgan fingerprint density at radius 1 is 1.38 bits per heavy atom. The molecule has 0 fully saturated rings. The molecule has 0 unspecified atom stereocenters. The highest BCUT2D eigenvalue weighted by Crippen LogP contribution is 2.07. The van der Waals surface area contributed by atoms with Crippen molar-refractivity contribution in [3.63, 3.8) is 0 Å². The zero-order valence-electron chi connectivity index (χ0n) is 9.85. The Morgan fingerprint density at radius 3 is 1.94 bits per heavy atom. The van der Waals surface area contributed by atoms with Crippen molar-refractivity contribution in [2.75, 3.05) is 20.7 Å². The molecular weight excluding hydrogens is 230 g/mol. The van der Waals surface area contributed by atoms with Crippen molar-refractivity contribution in [2.45, 2.75) is 12.8 Å². The predicted molar refractivity (Wildman–Crippen MR) is 65.6 cm³/mol. The molecule has 0 heterocycles. The first-order valence-electron chi connectivity index (χ1n) is 4.80. The average molecular weight is 251 g/mol. The smallest absolute Gasteiger partial charge is 0.319 e. The number of hydrogen-bond donors (Lipinski definition) is 2. The Bertz CT molecular complexity index is 265. The molecule has 0 aromatic rings. The quantitative estimate of drug-likeness (QED) is 0.528. The number of rotatable bonds is 7. The molecule has 6 heteroatoms. The van der Waals surface area contributed by atoms with Crippen molar-refractivity contribution in [3.8, 4) is 0 Å². The molecule has 16 heavy (non-hydrogen) atoms. The van der Waals surface area contributed by atoms with E-state index in [-0.39, 0.29) is 0 Å². The van der Waals surface area contributed by atoms with Gasteiger partial charge in [0.05, 0.1) is 7.11 Å². The van der Waals surface area contributed by atoms with Crippen LogP contribution in [0, 0.1) is 5.92 Å². The number of nitrogens with one attached hydrogen (secondary N) is 1. The molecule has 0 aliphatic rings. The molecule has 0 rings (SSSR count). The van der Waals surface area contributed by atoms with Crippen LogP contribution in [0.5, 0.6) is 0 Å². The standard InChI is InChI=1S/C9H17N.CH4O4S/c1-4-6-9(7-5-2)8-10-3;1-5-6(2,3)4/h4-5,9-10H,1-2,6-8H2,3H3;1H3,(H,2,3,4). The molecule has 0 aromatic carbocycles. The first-order chi connectivity index (χ1) is 7.41. The third-order valence-corrected chi connectivity index (χ3v) is 2.12. The normalized spacial score (nSPS) is 10.5. The number of allylic oxidation sites excluding steroid dienone is 2.